The number of hydrogen-bond donors (Lipinski definition) is 0. The van der Waals surface area contributed by atoms with Crippen molar-refractivity contribution in [1.82, 2.24) is 0 Å². The van der Waals surface area contributed by atoms with E-state index in [0.29, 0.717) is 6.04 Å². The predicted octanol–water partition coefficient (Wildman–Crippen LogP) is 3.58. The topological polar surface area (TPSA) is 9.23 Å². The van der Waals surface area contributed by atoms with Gasteiger partial charge in [0.15, 0.2) is 0 Å². The Balaban J connectivity index is 3.35. The second-order valence-electron chi connectivity index (χ2n) is 2.21. The standard InChI is InChI=1S/C6H11Cl3OSi/c1-6(10-2)4-3-5-11(7,8)9/h1,3-5H2,2H3. The highest BCUT2D eigenvalue weighted by atomic mass is 35.8. The Morgan fingerprint density at radius 3 is 2.36 bits per heavy atom. The molecule has 0 saturated heterocycles. The van der Waals surface area contributed by atoms with Crippen molar-refractivity contribution >= 4 is 39.2 Å². The highest BCUT2D eigenvalue weighted by molar-refractivity contribution is 7.64. The van der Waals surface area contributed by atoms with Crippen LogP contribution in [0.25, 0.3) is 0 Å². The lowest BCUT2D eigenvalue weighted by atomic mass is 10.3. The largest absolute Gasteiger partial charge is 0.502 e. The van der Waals surface area contributed by atoms with Crippen molar-refractivity contribution in [2.75, 3.05) is 7.11 Å². The maximum Gasteiger partial charge on any atom is 0.341 e. The zero-order valence-electron chi connectivity index (χ0n) is 6.37. The molecule has 0 aliphatic carbocycles. The minimum Gasteiger partial charge on any atom is -0.502 e. The molecular formula is C6H11Cl3OSi. The first-order chi connectivity index (χ1) is 4.95. The van der Waals surface area contributed by atoms with Crippen LogP contribution in [0.15, 0.2) is 12.3 Å². The molecule has 1 nitrogen and oxygen atoms in total. The van der Waals surface area contributed by atoms with Crippen molar-refractivity contribution in [3.05, 3.63) is 12.3 Å². The Labute approximate surface area is 82.4 Å². The van der Waals surface area contributed by atoms with E-state index in [0.717, 1.165) is 18.6 Å². The fourth-order valence-corrected chi connectivity index (χ4v) is 2.37. The molecule has 0 aromatic rings. The zero-order valence-corrected chi connectivity index (χ0v) is 9.64. The van der Waals surface area contributed by atoms with Crippen molar-refractivity contribution < 1.29 is 4.74 Å². The predicted molar refractivity (Wildman–Crippen MR) is 53.5 cm³/mol. The van der Waals surface area contributed by atoms with Crippen LogP contribution in [0.3, 0.4) is 0 Å². The van der Waals surface area contributed by atoms with E-state index in [1.807, 2.05) is 0 Å². The fraction of sp³-hybridized carbons (Fsp3) is 0.667. The van der Waals surface area contributed by atoms with Gasteiger partial charge in [-0.1, -0.05) is 6.58 Å². The lowest BCUT2D eigenvalue weighted by molar-refractivity contribution is 0.278. The van der Waals surface area contributed by atoms with E-state index in [4.69, 9.17) is 38.0 Å². The van der Waals surface area contributed by atoms with E-state index in [9.17, 15) is 0 Å². The van der Waals surface area contributed by atoms with E-state index in [-0.39, 0.29) is 0 Å². The molecule has 11 heavy (non-hydrogen) atoms. The van der Waals surface area contributed by atoms with E-state index >= 15 is 0 Å². The second kappa shape index (κ2) is 5.30. The van der Waals surface area contributed by atoms with E-state index in [1.165, 1.54) is 0 Å². The Kier molecular flexibility index (Phi) is 5.61. The molecule has 5 heteroatoms. The summed E-state index contributed by atoms with van der Waals surface area (Å²) in [6.07, 6.45) is 1.62. The SMILES string of the molecule is C=C(CCC[Si](Cl)(Cl)Cl)OC. The summed E-state index contributed by atoms with van der Waals surface area (Å²) >= 11 is 17.0. The molecule has 0 N–H and O–H groups in total. The Bertz CT molecular complexity index is 132. The molecule has 0 heterocycles. The molecule has 0 saturated carbocycles. The minimum absolute atomic E-state index is 0.667. The molecule has 0 aromatic carbocycles. The molecule has 0 aliphatic rings. The first-order valence-electron chi connectivity index (χ1n) is 3.24. The van der Waals surface area contributed by atoms with Crippen LogP contribution in [0.2, 0.25) is 6.04 Å². The van der Waals surface area contributed by atoms with Crippen LogP contribution in [0, 0.1) is 0 Å². The summed E-state index contributed by atoms with van der Waals surface area (Å²) in [4.78, 5) is 0. The lowest BCUT2D eigenvalue weighted by Crippen LogP contribution is -2.07. The van der Waals surface area contributed by atoms with Gasteiger partial charge in [0.1, 0.15) is 0 Å². The van der Waals surface area contributed by atoms with Crippen molar-refractivity contribution in [3.8, 4) is 0 Å². The molecular weight excluding hydrogens is 223 g/mol. The number of rotatable bonds is 5. The molecule has 0 aromatic heterocycles. The molecule has 0 amide bonds. The van der Waals surface area contributed by atoms with Crippen molar-refractivity contribution in [2.24, 2.45) is 0 Å². The third kappa shape index (κ3) is 8.53. The van der Waals surface area contributed by atoms with E-state index in [2.05, 4.69) is 6.58 Å². The quantitative estimate of drug-likeness (QED) is 0.401. The highest BCUT2D eigenvalue weighted by Crippen LogP contribution is 2.27. The number of allylic oxidation sites excluding steroid dienone is 1. The molecule has 0 fully saturated rings. The monoisotopic (exact) mass is 232 g/mol. The summed E-state index contributed by atoms with van der Waals surface area (Å²) in [6.45, 7) is 3.66. The third-order valence-electron chi connectivity index (χ3n) is 1.20. The van der Waals surface area contributed by atoms with Gasteiger partial charge in [0.2, 0.25) is 0 Å². The van der Waals surface area contributed by atoms with Gasteiger partial charge in [0, 0.05) is 6.42 Å². The van der Waals surface area contributed by atoms with Gasteiger partial charge in [-0.05, 0) is 12.5 Å². The van der Waals surface area contributed by atoms with Crippen LogP contribution in [-0.2, 0) is 4.74 Å². The van der Waals surface area contributed by atoms with Gasteiger partial charge in [0.05, 0.1) is 12.9 Å². The van der Waals surface area contributed by atoms with Crippen LogP contribution in [-0.4, -0.2) is 13.1 Å². The smallest absolute Gasteiger partial charge is 0.341 e. The van der Waals surface area contributed by atoms with Crippen LogP contribution in [0.1, 0.15) is 12.8 Å². The molecule has 0 radical (unpaired) electrons. The van der Waals surface area contributed by atoms with Gasteiger partial charge in [0.25, 0.3) is 0 Å². The first kappa shape index (κ1) is 11.6. The molecule has 0 unspecified atom stereocenters. The van der Waals surface area contributed by atoms with Crippen molar-refractivity contribution in [1.29, 1.82) is 0 Å². The summed E-state index contributed by atoms with van der Waals surface area (Å²) < 4.78 is 4.86. The minimum atomic E-state index is -2.42. The lowest BCUT2D eigenvalue weighted by Gasteiger charge is -2.07. The average molecular weight is 234 g/mol. The second-order valence-corrected chi connectivity index (χ2v) is 11.5. The molecule has 0 spiro atoms. The molecule has 0 aliphatic heterocycles. The Morgan fingerprint density at radius 2 is 2.00 bits per heavy atom. The zero-order chi connectivity index (χ0) is 8.91. The summed E-state index contributed by atoms with van der Waals surface area (Å²) in [7, 11) is 1.59. The van der Waals surface area contributed by atoms with Crippen LogP contribution in [0.5, 0.6) is 0 Å². The molecule has 0 atom stereocenters. The van der Waals surface area contributed by atoms with Crippen LogP contribution >= 0.6 is 33.2 Å². The van der Waals surface area contributed by atoms with Gasteiger partial charge in [-0.2, -0.15) is 0 Å². The highest BCUT2D eigenvalue weighted by Gasteiger charge is 2.23. The van der Waals surface area contributed by atoms with E-state index < -0.39 is 6.00 Å². The maximum absolute atomic E-state index is 5.66. The summed E-state index contributed by atoms with van der Waals surface area (Å²) in [5, 5.41) is 0. The number of ether oxygens (including phenoxy) is 1. The molecule has 66 valence electrons. The molecule has 0 rings (SSSR count). The van der Waals surface area contributed by atoms with Crippen LogP contribution < -0.4 is 0 Å². The van der Waals surface area contributed by atoms with Gasteiger partial charge < -0.3 is 4.74 Å². The Morgan fingerprint density at radius 1 is 1.45 bits per heavy atom. The molecule has 0 bridgehead atoms. The van der Waals surface area contributed by atoms with Crippen LogP contribution in [0.4, 0.5) is 0 Å². The van der Waals surface area contributed by atoms with Gasteiger partial charge in [-0.25, -0.2) is 0 Å². The summed E-state index contributed by atoms with van der Waals surface area (Å²) in [5.41, 5.74) is 0. The number of halogens is 3. The normalized spacial score (nSPS) is 11.3. The first-order valence-corrected chi connectivity index (χ1v) is 8.48. The van der Waals surface area contributed by atoms with Gasteiger partial charge >= 0.3 is 6.00 Å². The third-order valence-corrected chi connectivity index (χ3v) is 3.83. The fourth-order valence-electron chi connectivity index (χ4n) is 0.588. The van der Waals surface area contributed by atoms with E-state index in [1.54, 1.807) is 7.11 Å². The average Bonchev–Trinajstić information content (AvgIpc) is 1.85. The number of methoxy groups -OCH3 is 1. The van der Waals surface area contributed by atoms with Crippen molar-refractivity contribution in [3.63, 3.8) is 0 Å². The van der Waals surface area contributed by atoms with Crippen molar-refractivity contribution in [2.45, 2.75) is 18.9 Å². The van der Waals surface area contributed by atoms with Gasteiger partial charge in [-0.3, -0.25) is 0 Å². The maximum atomic E-state index is 5.66. The van der Waals surface area contributed by atoms with Gasteiger partial charge in [-0.15, -0.1) is 33.2 Å². The summed E-state index contributed by atoms with van der Waals surface area (Å²) in [6, 6.07) is -1.75. The number of hydrogen-bond acceptors (Lipinski definition) is 1. The Hall–Kier alpha value is 0.627. The summed E-state index contributed by atoms with van der Waals surface area (Å²) in [5.74, 6) is 0.744.